The molecule has 0 aliphatic carbocycles. The van der Waals surface area contributed by atoms with E-state index in [-0.39, 0.29) is 12.0 Å². The Kier molecular flexibility index (Phi) is 5.15. The molecule has 5 nitrogen and oxygen atoms in total. The number of nitrogens with zero attached hydrogens (tertiary/aromatic N) is 2. The quantitative estimate of drug-likeness (QED) is 0.697. The summed E-state index contributed by atoms with van der Waals surface area (Å²) in [6, 6.07) is 18.5. The number of hydrogen-bond donors (Lipinski definition) is 1. The topological polar surface area (TPSA) is 55.6 Å². The van der Waals surface area contributed by atoms with Crippen LogP contribution in [-0.4, -0.2) is 28.8 Å². The van der Waals surface area contributed by atoms with Gasteiger partial charge >= 0.3 is 0 Å². The van der Waals surface area contributed by atoms with Gasteiger partial charge in [0, 0.05) is 41.5 Å². The predicted molar refractivity (Wildman–Crippen MR) is 112 cm³/mol. The second kappa shape index (κ2) is 7.89. The first kappa shape index (κ1) is 18.3. The molecule has 5 heteroatoms. The lowest BCUT2D eigenvalue weighted by Gasteiger charge is -2.10. The van der Waals surface area contributed by atoms with Crippen LogP contribution in [0.3, 0.4) is 0 Å². The van der Waals surface area contributed by atoms with Crippen LogP contribution in [-0.2, 0) is 11.3 Å². The van der Waals surface area contributed by atoms with Gasteiger partial charge in [-0.25, -0.2) is 0 Å². The molecule has 1 unspecified atom stereocenters. The van der Waals surface area contributed by atoms with E-state index in [1.54, 1.807) is 0 Å². The first-order valence-corrected chi connectivity index (χ1v) is 9.75. The van der Waals surface area contributed by atoms with Gasteiger partial charge in [0.1, 0.15) is 6.10 Å². The van der Waals surface area contributed by atoms with E-state index < -0.39 is 0 Å². The molecule has 1 N–H and O–H groups in total. The van der Waals surface area contributed by atoms with E-state index in [0.717, 1.165) is 29.5 Å². The van der Waals surface area contributed by atoms with Gasteiger partial charge in [-0.2, -0.15) is 0 Å². The van der Waals surface area contributed by atoms with Crippen LogP contribution in [0, 0.1) is 0 Å². The lowest BCUT2D eigenvalue weighted by atomic mass is 10.0. The van der Waals surface area contributed by atoms with Crippen molar-refractivity contribution < 1.29 is 9.63 Å². The lowest BCUT2D eigenvalue weighted by Crippen LogP contribution is -2.29. The Labute approximate surface area is 165 Å². The maximum Gasteiger partial charge on any atom is 0.252 e. The van der Waals surface area contributed by atoms with Crippen LogP contribution in [0.5, 0.6) is 0 Å². The largest absolute Gasteiger partial charge is 0.392 e. The molecule has 28 heavy (non-hydrogen) atoms. The number of carbonyl (C=O) groups excluding carboxylic acids is 1. The summed E-state index contributed by atoms with van der Waals surface area (Å²) in [5, 5.41) is 8.14. The minimum absolute atomic E-state index is 0.0396. The van der Waals surface area contributed by atoms with E-state index >= 15 is 0 Å². The number of aromatic nitrogens is 1. The maximum atomic E-state index is 12.8. The summed E-state index contributed by atoms with van der Waals surface area (Å²) in [4.78, 5) is 18.3. The average molecular weight is 375 g/mol. The molecule has 1 aromatic heterocycles. The van der Waals surface area contributed by atoms with Crippen molar-refractivity contribution in [1.82, 2.24) is 9.88 Å². The summed E-state index contributed by atoms with van der Waals surface area (Å²) in [6.07, 6.45) is 3.64. The zero-order valence-electron chi connectivity index (χ0n) is 16.3. The van der Waals surface area contributed by atoms with Crippen LogP contribution in [0.1, 0.15) is 42.2 Å². The number of oxime groups is 1. The first-order valence-electron chi connectivity index (χ1n) is 9.75. The highest BCUT2D eigenvalue weighted by atomic mass is 16.6. The van der Waals surface area contributed by atoms with Crippen molar-refractivity contribution in [1.29, 1.82) is 0 Å². The highest BCUT2D eigenvalue weighted by molar-refractivity contribution is 6.07. The molecule has 144 valence electrons. The molecule has 1 aliphatic rings. The Hall–Kier alpha value is -3.08. The summed E-state index contributed by atoms with van der Waals surface area (Å²) >= 11 is 0. The SMILES string of the molecule is CC(C)n1ccc2c(C(=O)NCC3=NOC(Cc4ccccc4)C3)cccc21. The molecule has 1 atom stereocenters. The van der Waals surface area contributed by atoms with Crippen molar-refractivity contribution in [3.63, 3.8) is 0 Å². The average Bonchev–Trinajstić information content (AvgIpc) is 3.33. The number of amides is 1. The van der Waals surface area contributed by atoms with Gasteiger partial charge in [-0.05, 0) is 37.6 Å². The smallest absolute Gasteiger partial charge is 0.252 e. The van der Waals surface area contributed by atoms with Crippen molar-refractivity contribution in [2.45, 2.75) is 38.8 Å². The molecule has 2 aromatic carbocycles. The molecule has 0 saturated heterocycles. The zero-order valence-corrected chi connectivity index (χ0v) is 16.3. The molecule has 0 saturated carbocycles. The summed E-state index contributed by atoms with van der Waals surface area (Å²) in [5.74, 6) is -0.0821. The Morgan fingerprint density at radius 1 is 1.18 bits per heavy atom. The Bertz CT molecular complexity index is 1010. The highest BCUT2D eigenvalue weighted by Crippen LogP contribution is 2.23. The molecule has 0 radical (unpaired) electrons. The van der Waals surface area contributed by atoms with Crippen molar-refractivity contribution in [3.8, 4) is 0 Å². The fourth-order valence-electron chi connectivity index (χ4n) is 3.69. The van der Waals surface area contributed by atoms with Gasteiger partial charge in [-0.15, -0.1) is 0 Å². The van der Waals surface area contributed by atoms with Crippen LogP contribution in [0.15, 0.2) is 65.9 Å². The predicted octanol–water partition coefficient (Wildman–Crippen LogP) is 4.34. The second-order valence-electron chi connectivity index (χ2n) is 7.52. The second-order valence-corrected chi connectivity index (χ2v) is 7.52. The van der Waals surface area contributed by atoms with E-state index in [4.69, 9.17) is 4.84 Å². The third-order valence-electron chi connectivity index (χ3n) is 5.12. The molecule has 4 rings (SSSR count). The normalized spacial score (nSPS) is 16.2. The van der Waals surface area contributed by atoms with Crippen molar-refractivity contribution in [2.75, 3.05) is 6.54 Å². The monoisotopic (exact) mass is 375 g/mol. The number of hydrogen-bond acceptors (Lipinski definition) is 3. The molecular weight excluding hydrogens is 350 g/mol. The molecule has 0 bridgehead atoms. The maximum absolute atomic E-state index is 12.8. The van der Waals surface area contributed by atoms with E-state index in [2.05, 4.69) is 47.1 Å². The first-order chi connectivity index (χ1) is 13.6. The number of nitrogens with one attached hydrogen (secondary N) is 1. The van der Waals surface area contributed by atoms with Crippen molar-refractivity contribution in [3.05, 3.63) is 71.9 Å². The number of benzene rings is 2. The van der Waals surface area contributed by atoms with Gasteiger partial charge in [0.15, 0.2) is 0 Å². The van der Waals surface area contributed by atoms with Gasteiger partial charge in [0.2, 0.25) is 0 Å². The minimum Gasteiger partial charge on any atom is -0.392 e. The summed E-state index contributed by atoms with van der Waals surface area (Å²) < 4.78 is 2.18. The molecular formula is C23H25N3O2. The van der Waals surface area contributed by atoms with Gasteiger partial charge in [0.25, 0.3) is 5.91 Å². The number of fused-ring (bicyclic) bond motifs is 1. The molecule has 1 amide bonds. The van der Waals surface area contributed by atoms with Crippen molar-refractivity contribution in [2.24, 2.45) is 5.16 Å². The Morgan fingerprint density at radius 3 is 2.79 bits per heavy atom. The van der Waals surface area contributed by atoms with Gasteiger partial charge in [-0.1, -0.05) is 41.6 Å². The Balaban J connectivity index is 1.37. The summed E-state index contributed by atoms with van der Waals surface area (Å²) in [5.41, 5.74) is 3.87. The summed E-state index contributed by atoms with van der Waals surface area (Å²) in [6.45, 7) is 4.68. The Morgan fingerprint density at radius 2 is 2.00 bits per heavy atom. The fourth-order valence-corrected chi connectivity index (χ4v) is 3.69. The molecule has 0 spiro atoms. The number of carbonyl (C=O) groups is 1. The van der Waals surface area contributed by atoms with E-state index in [1.807, 2.05) is 42.6 Å². The lowest BCUT2D eigenvalue weighted by molar-refractivity contribution is 0.0859. The van der Waals surface area contributed by atoms with Crippen LogP contribution in [0.4, 0.5) is 0 Å². The van der Waals surface area contributed by atoms with E-state index in [0.29, 0.717) is 18.2 Å². The van der Waals surface area contributed by atoms with Crippen LogP contribution >= 0.6 is 0 Å². The van der Waals surface area contributed by atoms with Crippen molar-refractivity contribution >= 4 is 22.5 Å². The minimum atomic E-state index is -0.0821. The molecule has 3 aromatic rings. The van der Waals surface area contributed by atoms with E-state index in [9.17, 15) is 4.79 Å². The van der Waals surface area contributed by atoms with Crippen LogP contribution in [0.2, 0.25) is 0 Å². The van der Waals surface area contributed by atoms with Gasteiger partial charge < -0.3 is 14.7 Å². The van der Waals surface area contributed by atoms with Gasteiger partial charge in [0.05, 0.1) is 12.3 Å². The van der Waals surface area contributed by atoms with Gasteiger partial charge in [-0.3, -0.25) is 4.79 Å². The zero-order chi connectivity index (χ0) is 19.5. The van der Waals surface area contributed by atoms with E-state index in [1.165, 1.54) is 5.56 Å². The van der Waals surface area contributed by atoms with Crippen LogP contribution < -0.4 is 5.32 Å². The van der Waals surface area contributed by atoms with Crippen LogP contribution in [0.25, 0.3) is 10.9 Å². The molecule has 0 fully saturated rings. The fraction of sp³-hybridized carbons (Fsp3) is 0.304. The third-order valence-corrected chi connectivity index (χ3v) is 5.12. The summed E-state index contributed by atoms with van der Waals surface area (Å²) in [7, 11) is 0. The third kappa shape index (κ3) is 3.79. The standard InChI is InChI=1S/C23H25N3O2/c1-16(2)26-12-11-20-21(9-6-10-22(20)26)23(27)24-15-18-14-19(28-25-18)13-17-7-4-3-5-8-17/h3-12,16,19H,13-15H2,1-2H3,(H,24,27). The molecule has 1 aliphatic heterocycles. The number of rotatable bonds is 6. The molecule has 2 heterocycles. The highest BCUT2D eigenvalue weighted by Gasteiger charge is 2.22.